The van der Waals surface area contributed by atoms with Crippen molar-refractivity contribution in [3.05, 3.63) is 33.9 Å². The van der Waals surface area contributed by atoms with Crippen molar-refractivity contribution in [1.29, 1.82) is 0 Å². The predicted molar refractivity (Wildman–Crippen MR) is 78.7 cm³/mol. The normalized spacial score (nSPS) is 10.4. The monoisotopic (exact) mass is 354 g/mol. The summed E-state index contributed by atoms with van der Waals surface area (Å²) in [4.78, 5) is 15.1. The second kappa shape index (κ2) is 7.21. The number of carbonyl (C=O) groups is 1. The van der Waals surface area contributed by atoms with Crippen molar-refractivity contribution >= 4 is 22.2 Å². The number of rotatable bonds is 7. The first-order valence-corrected chi connectivity index (χ1v) is 7.33. The van der Waals surface area contributed by atoms with Gasteiger partial charge < -0.3 is 14.0 Å². The van der Waals surface area contributed by atoms with Crippen molar-refractivity contribution in [2.75, 3.05) is 6.61 Å². The third-order valence-corrected chi connectivity index (χ3v) is 3.22. The van der Waals surface area contributed by atoms with Crippen LogP contribution in [0.1, 0.15) is 35.9 Å². The Morgan fingerprint density at radius 1 is 1.33 bits per heavy atom. The van der Waals surface area contributed by atoms with Gasteiger partial charge in [-0.2, -0.15) is 4.98 Å². The smallest absolute Gasteiger partial charge is 0.226 e. The van der Waals surface area contributed by atoms with Crippen LogP contribution in [0.5, 0.6) is 11.5 Å². The maximum Gasteiger partial charge on any atom is 0.226 e. The highest BCUT2D eigenvalue weighted by Gasteiger charge is 2.14. The van der Waals surface area contributed by atoms with Crippen LogP contribution < -0.4 is 9.47 Å². The number of hydrogen-bond donors (Lipinski definition) is 0. The molecule has 1 heterocycles. The van der Waals surface area contributed by atoms with E-state index < -0.39 is 0 Å². The van der Waals surface area contributed by atoms with Crippen molar-refractivity contribution in [2.24, 2.45) is 0 Å². The average molecular weight is 355 g/mol. The van der Waals surface area contributed by atoms with Crippen molar-refractivity contribution in [1.82, 2.24) is 10.1 Å². The van der Waals surface area contributed by atoms with Gasteiger partial charge in [0, 0.05) is 12.0 Å². The number of ether oxygens (including phenoxy) is 2. The highest BCUT2D eigenvalue weighted by atomic mass is 79.9. The molecule has 1 aromatic heterocycles. The Morgan fingerprint density at radius 3 is 2.76 bits per heavy atom. The summed E-state index contributed by atoms with van der Waals surface area (Å²) in [6.45, 7) is 4.41. The minimum absolute atomic E-state index is 0.155. The zero-order chi connectivity index (χ0) is 15.2. The highest BCUT2D eigenvalue weighted by molar-refractivity contribution is 9.10. The maximum absolute atomic E-state index is 10.9. The average Bonchev–Trinajstić information content (AvgIpc) is 2.94. The number of aromatic nitrogens is 2. The van der Waals surface area contributed by atoms with E-state index in [9.17, 15) is 4.79 Å². The topological polar surface area (TPSA) is 74.5 Å². The van der Waals surface area contributed by atoms with Gasteiger partial charge in [-0.3, -0.25) is 4.79 Å². The minimum Gasteiger partial charge on any atom is -0.490 e. The zero-order valence-electron chi connectivity index (χ0n) is 11.8. The molecule has 1 aromatic carbocycles. The van der Waals surface area contributed by atoms with Crippen LogP contribution >= 0.6 is 15.9 Å². The van der Waals surface area contributed by atoms with Gasteiger partial charge in [0.25, 0.3) is 0 Å². The molecular weight excluding hydrogens is 340 g/mol. The van der Waals surface area contributed by atoms with Crippen molar-refractivity contribution < 1.29 is 18.8 Å². The Labute approximate surface area is 130 Å². The van der Waals surface area contributed by atoms with Gasteiger partial charge in [-0.05, 0) is 35.0 Å². The largest absolute Gasteiger partial charge is 0.490 e. The second-order valence-electron chi connectivity index (χ2n) is 4.13. The lowest BCUT2D eigenvalue weighted by Crippen LogP contribution is -2.02. The number of aryl methyl sites for hydroxylation is 1. The summed E-state index contributed by atoms with van der Waals surface area (Å²) >= 11 is 3.37. The van der Waals surface area contributed by atoms with Gasteiger partial charge in [0.15, 0.2) is 18.1 Å². The number of aldehydes is 1. The van der Waals surface area contributed by atoms with E-state index >= 15 is 0 Å². The van der Waals surface area contributed by atoms with Crippen LogP contribution in [0.3, 0.4) is 0 Å². The molecule has 0 bridgehead atoms. The molecule has 0 amide bonds. The second-order valence-corrected chi connectivity index (χ2v) is 4.98. The Morgan fingerprint density at radius 2 is 2.14 bits per heavy atom. The molecule has 112 valence electrons. The fraction of sp³-hybridized carbons (Fsp3) is 0.357. The van der Waals surface area contributed by atoms with E-state index in [-0.39, 0.29) is 6.61 Å². The van der Waals surface area contributed by atoms with E-state index in [0.717, 1.165) is 6.29 Å². The van der Waals surface area contributed by atoms with E-state index in [2.05, 4.69) is 26.1 Å². The molecule has 2 aromatic rings. The summed E-state index contributed by atoms with van der Waals surface area (Å²) in [6.07, 6.45) is 1.43. The van der Waals surface area contributed by atoms with E-state index in [1.54, 1.807) is 12.1 Å². The molecule has 2 rings (SSSR count). The standard InChI is InChI=1S/C14H15BrN2O4/c1-3-13-16-12(17-21-13)8-20-14-10(15)5-9(7-18)6-11(14)19-4-2/h5-7H,3-4,8H2,1-2H3. The SMILES string of the molecule is CCOc1cc(C=O)cc(Br)c1OCc1noc(CC)n1. The molecule has 0 saturated heterocycles. The number of benzene rings is 1. The summed E-state index contributed by atoms with van der Waals surface area (Å²) < 4.78 is 16.8. The molecule has 21 heavy (non-hydrogen) atoms. The molecule has 0 aliphatic heterocycles. The summed E-state index contributed by atoms with van der Waals surface area (Å²) in [7, 11) is 0. The molecule has 0 atom stereocenters. The van der Waals surface area contributed by atoms with Gasteiger partial charge in [0.05, 0.1) is 11.1 Å². The van der Waals surface area contributed by atoms with Crippen LogP contribution in [0, 0.1) is 0 Å². The molecule has 0 radical (unpaired) electrons. The first-order valence-electron chi connectivity index (χ1n) is 6.53. The summed E-state index contributed by atoms with van der Waals surface area (Å²) in [5, 5.41) is 3.82. The Bertz CT molecular complexity index is 627. The molecule has 0 saturated carbocycles. The number of hydrogen-bond acceptors (Lipinski definition) is 6. The lowest BCUT2D eigenvalue weighted by molar-refractivity contribution is 0.112. The van der Waals surface area contributed by atoms with Crippen LogP contribution in [0.2, 0.25) is 0 Å². The number of carbonyl (C=O) groups excluding carboxylic acids is 1. The van der Waals surface area contributed by atoms with Crippen LogP contribution in [0.15, 0.2) is 21.1 Å². The van der Waals surface area contributed by atoms with E-state index in [1.165, 1.54) is 0 Å². The molecule has 6 nitrogen and oxygen atoms in total. The predicted octanol–water partition coefficient (Wildman–Crippen LogP) is 3.18. The van der Waals surface area contributed by atoms with Gasteiger partial charge in [-0.15, -0.1) is 0 Å². The summed E-state index contributed by atoms with van der Waals surface area (Å²) in [6, 6.07) is 3.29. The maximum atomic E-state index is 10.9. The number of nitrogens with zero attached hydrogens (tertiary/aromatic N) is 2. The Balaban J connectivity index is 2.19. The fourth-order valence-corrected chi connectivity index (χ4v) is 2.26. The number of halogens is 1. The van der Waals surface area contributed by atoms with Crippen LogP contribution in [0.25, 0.3) is 0 Å². The van der Waals surface area contributed by atoms with Crippen LogP contribution in [0.4, 0.5) is 0 Å². The summed E-state index contributed by atoms with van der Waals surface area (Å²) in [5.41, 5.74) is 0.505. The van der Waals surface area contributed by atoms with E-state index in [4.69, 9.17) is 14.0 Å². The molecule has 0 N–H and O–H groups in total. The van der Waals surface area contributed by atoms with E-state index in [0.29, 0.717) is 46.3 Å². The van der Waals surface area contributed by atoms with Crippen molar-refractivity contribution in [3.63, 3.8) is 0 Å². The lowest BCUT2D eigenvalue weighted by Gasteiger charge is -2.13. The summed E-state index contributed by atoms with van der Waals surface area (Å²) in [5.74, 6) is 2.02. The first-order chi connectivity index (χ1) is 10.2. The lowest BCUT2D eigenvalue weighted by atomic mass is 10.2. The fourth-order valence-electron chi connectivity index (χ4n) is 1.69. The third kappa shape index (κ3) is 3.81. The van der Waals surface area contributed by atoms with Gasteiger partial charge in [0.2, 0.25) is 11.7 Å². The third-order valence-electron chi connectivity index (χ3n) is 2.63. The van der Waals surface area contributed by atoms with Crippen molar-refractivity contribution in [3.8, 4) is 11.5 Å². The molecule has 0 aliphatic carbocycles. The first kappa shape index (κ1) is 15.5. The molecule has 0 fully saturated rings. The van der Waals surface area contributed by atoms with Crippen molar-refractivity contribution in [2.45, 2.75) is 26.9 Å². The molecule has 0 unspecified atom stereocenters. The van der Waals surface area contributed by atoms with Gasteiger partial charge in [-0.25, -0.2) is 0 Å². The molecular formula is C14H15BrN2O4. The zero-order valence-corrected chi connectivity index (χ0v) is 13.3. The van der Waals surface area contributed by atoms with Gasteiger partial charge >= 0.3 is 0 Å². The van der Waals surface area contributed by atoms with Gasteiger partial charge in [-0.1, -0.05) is 12.1 Å². The molecule has 7 heteroatoms. The highest BCUT2D eigenvalue weighted by Crippen LogP contribution is 2.37. The van der Waals surface area contributed by atoms with Crippen LogP contribution in [-0.4, -0.2) is 23.0 Å². The van der Waals surface area contributed by atoms with E-state index in [1.807, 2.05) is 13.8 Å². The minimum atomic E-state index is 0.155. The molecule has 0 spiro atoms. The quantitative estimate of drug-likeness (QED) is 0.710. The molecule has 0 aliphatic rings. The van der Waals surface area contributed by atoms with Gasteiger partial charge in [0.1, 0.15) is 6.29 Å². The van der Waals surface area contributed by atoms with Crippen LogP contribution in [-0.2, 0) is 13.0 Å². The Hall–Kier alpha value is -1.89. The Kier molecular flexibility index (Phi) is 5.32.